The van der Waals surface area contributed by atoms with Crippen LogP contribution in [0.5, 0.6) is 0 Å². The number of halogens is 1. The van der Waals surface area contributed by atoms with E-state index in [1.807, 2.05) is 11.3 Å². The molecule has 0 saturated carbocycles. The van der Waals surface area contributed by atoms with Crippen molar-refractivity contribution in [2.75, 3.05) is 19.6 Å². The van der Waals surface area contributed by atoms with Crippen LogP contribution in [0.15, 0.2) is 15.9 Å². The number of hydrogen-bond acceptors (Lipinski definition) is 3. The van der Waals surface area contributed by atoms with Crippen LogP contribution in [0.4, 0.5) is 0 Å². The highest BCUT2D eigenvalue weighted by Gasteiger charge is 2.21. The maximum absolute atomic E-state index is 5.45. The molecule has 1 rings (SSSR count). The van der Waals surface area contributed by atoms with Crippen molar-refractivity contribution in [1.82, 2.24) is 5.32 Å². The van der Waals surface area contributed by atoms with E-state index in [9.17, 15) is 0 Å². The molecule has 0 atom stereocenters. The molecular weight excluding hydrogens is 272 g/mol. The number of nitrogens with one attached hydrogen (secondary N) is 1. The van der Waals surface area contributed by atoms with Crippen molar-refractivity contribution in [2.45, 2.75) is 25.7 Å². The number of nitrogens with two attached hydrogens (primary N) is 1. The smallest absolute Gasteiger partial charge is 0.0701 e. The van der Waals surface area contributed by atoms with E-state index in [1.165, 1.54) is 8.66 Å². The third-order valence-corrected chi connectivity index (χ3v) is 4.35. The predicted molar refractivity (Wildman–Crippen MR) is 71.6 cm³/mol. The minimum Gasteiger partial charge on any atom is -0.330 e. The lowest BCUT2D eigenvalue weighted by atomic mass is 9.91. The van der Waals surface area contributed by atoms with Gasteiger partial charge in [0.25, 0.3) is 0 Å². The SMILES string of the molecule is CC(C)(CNCCCN)c1ccc(Br)s1. The lowest BCUT2D eigenvalue weighted by molar-refractivity contribution is 0.475. The number of rotatable bonds is 6. The van der Waals surface area contributed by atoms with Crippen LogP contribution in [-0.2, 0) is 5.41 Å². The average Bonchev–Trinajstić information content (AvgIpc) is 2.60. The summed E-state index contributed by atoms with van der Waals surface area (Å²) in [5.41, 5.74) is 5.65. The molecule has 0 aliphatic rings. The lowest BCUT2D eigenvalue weighted by Crippen LogP contribution is -2.33. The van der Waals surface area contributed by atoms with E-state index in [4.69, 9.17) is 5.73 Å². The average molecular weight is 291 g/mol. The summed E-state index contributed by atoms with van der Waals surface area (Å²) < 4.78 is 1.20. The quantitative estimate of drug-likeness (QED) is 0.791. The fraction of sp³-hybridized carbons (Fsp3) is 0.636. The Labute approximate surface area is 104 Å². The van der Waals surface area contributed by atoms with E-state index in [1.54, 1.807) is 0 Å². The normalized spacial score (nSPS) is 12.0. The summed E-state index contributed by atoms with van der Waals surface area (Å²) in [4.78, 5) is 1.41. The Morgan fingerprint density at radius 1 is 1.47 bits per heavy atom. The van der Waals surface area contributed by atoms with Gasteiger partial charge in [0.1, 0.15) is 0 Å². The largest absolute Gasteiger partial charge is 0.330 e. The van der Waals surface area contributed by atoms with Gasteiger partial charge in [0, 0.05) is 16.8 Å². The van der Waals surface area contributed by atoms with Gasteiger partial charge < -0.3 is 11.1 Å². The van der Waals surface area contributed by atoms with Gasteiger partial charge in [-0.15, -0.1) is 11.3 Å². The van der Waals surface area contributed by atoms with E-state index in [-0.39, 0.29) is 5.41 Å². The van der Waals surface area contributed by atoms with Crippen LogP contribution < -0.4 is 11.1 Å². The Kier molecular flexibility index (Phi) is 5.26. The van der Waals surface area contributed by atoms with Gasteiger partial charge in [-0.25, -0.2) is 0 Å². The highest BCUT2D eigenvalue weighted by molar-refractivity contribution is 9.11. The van der Waals surface area contributed by atoms with Crippen molar-refractivity contribution in [1.29, 1.82) is 0 Å². The Morgan fingerprint density at radius 3 is 2.73 bits per heavy atom. The van der Waals surface area contributed by atoms with Crippen molar-refractivity contribution in [2.24, 2.45) is 5.73 Å². The Bertz CT molecular complexity index is 297. The molecule has 0 fully saturated rings. The zero-order chi connectivity index (χ0) is 11.3. The third-order valence-electron chi connectivity index (χ3n) is 2.36. The molecule has 86 valence electrons. The van der Waals surface area contributed by atoms with E-state index < -0.39 is 0 Å². The van der Waals surface area contributed by atoms with Crippen LogP contribution in [-0.4, -0.2) is 19.6 Å². The monoisotopic (exact) mass is 290 g/mol. The second-order valence-electron chi connectivity index (χ2n) is 4.31. The van der Waals surface area contributed by atoms with E-state index in [2.05, 4.69) is 47.2 Å². The van der Waals surface area contributed by atoms with Gasteiger partial charge in [0.05, 0.1) is 3.79 Å². The first-order chi connectivity index (χ1) is 7.06. The van der Waals surface area contributed by atoms with E-state index in [0.717, 1.165) is 26.1 Å². The summed E-state index contributed by atoms with van der Waals surface area (Å²) in [6, 6.07) is 4.31. The van der Waals surface area contributed by atoms with Crippen LogP contribution in [0.1, 0.15) is 25.1 Å². The van der Waals surface area contributed by atoms with Crippen LogP contribution in [0, 0.1) is 0 Å². The summed E-state index contributed by atoms with van der Waals surface area (Å²) in [6.07, 6.45) is 1.05. The van der Waals surface area contributed by atoms with E-state index in [0.29, 0.717) is 0 Å². The summed E-state index contributed by atoms with van der Waals surface area (Å²) in [5, 5.41) is 3.45. The van der Waals surface area contributed by atoms with Gasteiger partial charge in [-0.2, -0.15) is 0 Å². The zero-order valence-electron chi connectivity index (χ0n) is 9.35. The van der Waals surface area contributed by atoms with Gasteiger partial charge in [-0.05, 0) is 47.6 Å². The standard InChI is InChI=1S/C11H19BrN2S/c1-11(2,8-14-7-3-6-13)9-4-5-10(12)15-9/h4-5,14H,3,6-8,13H2,1-2H3. The first-order valence-corrected chi connectivity index (χ1v) is 6.84. The highest BCUT2D eigenvalue weighted by Crippen LogP contribution is 2.32. The van der Waals surface area contributed by atoms with Crippen LogP contribution in [0.3, 0.4) is 0 Å². The Hall–Kier alpha value is 0.1000. The second kappa shape index (κ2) is 5.99. The van der Waals surface area contributed by atoms with Gasteiger partial charge in [0.15, 0.2) is 0 Å². The van der Waals surface area contributed by atoms with Crippen molar-refractivity contribution in [3.05, 3.63) is 20.8 Å². The lowest BCUT2D eigenvalue weighted by Gasteiger charge is -2.23. The first kappa shape index (κ1) is 13.2. The molecule has 0 bridgehead atoms. The maximum atomic E-state index is 5.45. The van der Waals surface area contributed by atoms with Crippen LogP contribution in [0.2, 0.25) is 0 Å². The van der Waals surface area contributed by atoms with Crippen LogP contribution >= 0.6 is 27.3 Å². The molecule has 3 N–H and O–H groups in total. The number of hydrogen-bond donors (Lipinski definition) is 2. The first-order valence-electron chi connectivity index (χ1n) is 5.23. The molecular formula is C11H19BrN2S. The molecule has 2 nitrogen and oxygen atoms in total. The summed E-state index contributed by atoms with van der Waals surface area (Å²) >= 11 is 5.31. The highest BCUT2D eigenvalue weighted by atomic mass is 79.9. The van der Waals surface area contributed by atoms with Crippen molar-refractivity contribution < 1.29 is 0 Å². The van der Waals surface area contributed by atoms with E-state index >= 15 is 0 Å². The summed E-state index contributed by atoms with van der Waals surface area (Å²) in [6.45, 7) is 7.30. The molecule has 0 unspecified atom stereocenters. The van der Waals surface area contributed by atoms with Crippen molar-refractivity contribution in [3.63, 3.8) is 0 Å². The predicted octanol–water partition coefficient (Wildman–Crippen LogP) is 2.73. The minimum atomic E-state index is 0.200. The molecule has 0 spiro atoms. The van der Waals surface area contributed by atoms with Gasteiger partial charge >= 0.3 is 0 Å². The molecule has 15 heavy (non-hydrogen) atoms. The molecule has 4 heteroatoms. The van der Waals surface area contributed by atoms with Gasteiger partial charge in [0.2, 0.25) is 0 Å². The van der Waals surface area contributed by atoms with Gasteiger partial charge in [-0.1, -0.05) is 13.8 Å². The molecule has 0 aliphatic carbocycles. The summed E-state index contributed by atoms with van der Waals surface area (Å²) in [5.74, 6) is 0. The van der Waals surface area contributed by atoms with Crippen molar-refractivity contribution in [3.8, 4) is 0 Å². The molecule has 0 radical (unpaired) electrons. The third kappa shape index (κ3) is 4.23. The number of thiophene rings is 1. The molecule has 1 aromatic heterocycles. The fourth-order valence-electron chi connectivity index (χ4n) is 1.39. The van der Waals surface area contributed by atoms with Gasteiger partial charge in [-0.3, -0.25) is 0 Å². The van der Waals surface area contributed by atoms with Crippen molar-refractivity contribution >= 4 is 27.3 Å². The Morgan fingerprint density at radius 2 is 2.20 bits per heavy atom. The topological polar surface area (TPSA) is 38.0 Å². The molecule has 1 aromatic rings. The molecule has 0 saturated heterocycles. The summed E-state index contributed by atoms with van der Waals surface area (Å²) in [7, 11) is 0. The Balaban J connectivity index is 2.44. The minimum absolute atomic E-state index is 0.200. The van der Waals surface area contributed by atoms with Crippen LogP contribution in [0.25, 0.3) is 0 Å². The molecule has 1 heterocycles. The zero-order valence-corrected chi connectivity index (χ0v) is 11.7. The molecule has 0 aliphatic heterocycles. The fourth-order valence-corrected chi connectivity index (χ4v) is 2.88. The maximum Gasteiger partial charge on any atom is 0.0701 e. The molecule has 0 aromatic carbocycles. The molecule has 0 amide bonds. The second-order valence-corrected chi connectivity index (χ2v) is 6.77.